The van der Waals surface area contributed by atoms with Crippen molar-refractivity contribution in [2.45, 2.75) is 25.8 Å². The lowest BCUT2D eigenvalue weighted by Crippen LogP contribution is -2.44. The molecule has 1 fully saturated rings. The first-order chi connectivity index (χ1) is 11.6. The van der Waals surface area contributed by atoms with Crippen LogP contribution in [0.1, 0.15) is 29.4 Å². The van der Waals surface area contributed by atoms with Gasteiger partial charge >= 0.3 is 0 Å². The lowest BCUT2D eigenvalue weighted by Gasteiger charge is -2.34. The molecule has 0 spiro atoms. The van der Waals surface area contributed by atoms with E-state index in [1.54, 1.807) is 7.11 Å². The standard InChI is InChI=1S/C19H24N2O2S/c1-13(20)15-9-6-10-21(12-15)19(22)18-16(23-2)11-17(24-18)14-7-4-3-5-8-14/h3-5,7-8,11,13,15H,6,9-10,12,20H2,1-2H3. The van der Waals surface area contributed by atoms with Crippen LogP contribution in [-0.4, -0.2) is 37.0 Å². The number of carbonyl (C=O) groups is 1. The van der Waals surface area contributed by atoms with Crippen LogP contribution in [0.15, 0.2) is 36.4 Å². The van der Waals surface area contributed by atoms with Gasteiger partial charge in [0, 0.05) is 24.0 Å². The highest BCUT2D eigenvalue weighted by atomic mass is 32.1. The van der Waals surface area contributed by atoms with Crippen LogP contribution >= 0.6 is 11.3 Å². The van der Waals surface area contributed by atoms with Crippen molar-refractivity contribution in [1.29, 1.82) is 0 Å². The quantitative estimate of drug-likeness (QED) is 0.921. The highest BCUT2D eigenvalue weighted by Crippen LogP contribution is 2.37. The molecular weight excluding hydrogens is 320 g/mol. The number of carbonyl (C=O) groups excluding carboxylic acids is 1. The fourth-order valence-corrected chi connectivity index (χ4v) is 4.29. The van der Waals surface area contributed by atoms with E-state index in [1.165, 1.54) is 11.3 Å². The number of hydrogen-bond donors (Lipinski definition) is 1. The van der Waals surface area contributed by atoms with Gasteiger partial charge in [-0.25, -0.2) is 0 Å². The molecule has 2 heterocycles. The lowest BCUT2D eigenvalue weighted by atomic mass is 9.92. The summed E-state index contributed by atoms with van der Waals surface area (Å²) in [6.07, 6.45) is 2.11. The summed E-state index contributed by atoms with van der Waals surface area (Å²) in [7, 11) is 1.62. The van der Waals surface area contributed by atoms with E-state index in [0.29, 0.717) is 16.5 Å². The van der Waals surface area contributed by atoms with E-state index in [4.69, 9.17) is 10.5 Å². The highest BCUT2D eigenvalue weighted by Gasteiger charge is 2.29. The molecule has 128 valence electrons. The molecule has 3 rings (SSSR count). The van der Waals surface area contributed by atoms with Crippen molar-refractivity contribution in [3.8, 4) is 16.2 Å². The molecule has 1 saturated heterocycles. The van der Waals surface area contributed by atoms with Gasteiger partial charge in [-0.2, -0.15) is 0 Å². The zero-order valence-electron chi connectivity index (χ0n) is 14.2. The molecule has 0 saturated carbocycles. The number of rotatable bonds is 4. The largest absolute Gasteiger partial charge is 0.495 e. The number of thiophene rings is 1. The minimum absolute atomic E-state index is 0.0596. The average Bonchev–Trinajstić information content (AvgIpc) is 3.06. The Labute approximate surface area is 147 Å². The van der Waals surface area contributed by atoms with Crippen LogP contribution < -0.4 is 10.5 Å². The number of ether oxygens (including phenoxy) is 1. The van der Waals surface area contributed by atoms with Crippen molar-refractivity contribution in [3.05, 3.63) is 41.3 Å². The van der Waals surface area contributed by atoms with Crippen LogP contribution in [0.25, 0.3) is 10.4 Å². The topological polar surface area (TPSA) is 55.6 Å². The van der Waals surface area contributed by atoms with E-state index in [0.717, 1.165) is 36.4 Å². The highest BCUT2D eigenvalue weighted by molar-refractivity contribution is 7.17. The van der Waals surface area contributed by atoms with Crippen molar-refractivity contribution in [1.82, 2.24) is 4.90 Å². The molecule has 0 bridgehead atoms. The predicted molar refractivity (Wildman–Crippen MR) is 98.6 cm³/mol. The number of piperidine rings is 1. The Hall–Kier alpha value is -1.85. The van der Waals surface area contributed by atoms with Crippen molar-refractivity contribution >= 4 is 17.2 Å². The molecule has 2 unspecified atom stereocenters. The third-order valence-electron chi connectivity index (χ3n) is 4.66. The number of hydrogen-bond acceptors (Lipinski definition) is 4. The van der Waals surface area contributed by atoms with Gasteiger partial charge < -0.3 is 15.4 Å². The van der Waals surface area contributed by atoms with Gasteiger partial charge in [-0.15, -0.1) is 11.3 Å². The Bertz CT molecular complexity index is 697. The summed E-state index contributed by atoms with van der Waals surface area (Å²) >= 11 is 1.50. The van der Waals surface area contributed by atoms with E-state index >= 15 is 0 Å². The number of likely N-dealkylation sites (tertiary alicyclic amines) is 1. The van der Waals surface area contributed by atoms with E-state index in [1.807, 2.05) is 48.2 Å². The van der Waals surface area contributed by atoms with E-state index in [9.17, 15) is 4.79 Å². The molecule has 4 nitrogen and oxygen atoms in total. The molecule has 1 aliphatic heterocycles. The molecule has 1 aromatic heterocycles. The first-order valence-electron chi connectivity index (χ1n) is 8.38. The molecule has 2 N–H and O–H groups in total. The van der Waals surface area contributed by atoms with Crippen LogP contribution in [0.4, 0.5) is 0 Å². The average molecular weight is 344 g/mol. The van der Waals surface area contributed by atoms with Gasteiger partial charge in [0.05, 0.1) is 7.11 Å². The van der Waals surface area contributed by atoms with Gasteiger partial charge in [0.15, 0.2) is 0 Å². The summed E-state index contributed by atoms with van der Waals surface area (Å²) in [5.41, 5.74) is 7.15. The molecule has 24 heavy (non-hydrogen) atoms. The van der Waals surface area contributed by atoms with Crippen LogP contribution in [0.5, 0.6) is 5.75 Å². The van der Waals surface area contributed by atoms with Crippen molar-refractivity contribution in [2.24, 2.45) is 11.7 Å². The number of nitrogens with zero attached hydrogens (tertiary/aromatic N) is 1. The summed E-state index contributed by atoms with van der Waals surface area (Å²) in [6, 6.07) is 12.2. The molecular formula is C19H24N2O2S. The van der Waals surface area contributed by atoms with Gasteiger partial charge in [0.1, 0.15) is 10.6 Å². The fourth-order valence-electron chi connectivity index (χ4n) is 3.19. The molecule has 5 heteroatoms. The second kappa shape index (κ2) is 7.36. The summed E-state index contributed by atoms with van der Waals surface area (Å²) in [4.78, 5) is 16.7. The van der Waals surface area contributed by atoms with Gasteiger partial charge in [-0.05, 0) is 37.3 Å². The van der Waals surface area contributed by atoms with Gasteiger partial charge in [-0.1, -0.05) is 30.3 Å². The predicted octanol–water partition coefficient (Wildman–Crippen LogP) is 3.62. The Morgan fingerprint density at radius 3 is 2.79 bits per heavy atom. The third kappa shape index (κ3) is 3.47. The number of methoxy groups -OCH3 is 1. The minimum atomic E-state index is 0.0596. The van der Waals surface area contributed by atoms with Crippen molar-refractivity contribution in [2.75, 3.05) is 20.2 Å². The summed E-state index contributed by atoms with van der Waals surface area (Å²) in [5, 5.41) is 0. The molecule has 2 aromatic rings. The number of amides is 1. The fraction of sp³-hybridized carbons (Fsp3) is 0.421. The summed E-state index contributed by atoms with van der Waals surface area (Å²) in [6.45, 7) is 3.56. The molecule has 1 aliphatic rings. The molecule has 1 amide bonds. The maximum Gasteiger partial charge on any atom is 0.267 e. The second-order valence-electron chi connectivity index (χ2n) is 6.39. The van der Waals surface area contributed by atoms with Crippen LogP contribution in [0.3, 0.4) is 0 Å². The van der Waals surface area contributed by atoms with E-state index < -0.39 is 0 Å². The SMILES string of the molecule is COc1cc(-c2ccccc2)sc1C(=O)N1CCCC(C(C)N)C1. The van der Waals surface area contributed by atoms with E-state index in [-0.39, 0.29) is 11.9 Å². The van der Waals surface area contributed by atoms with Gasteiger partial charge in [-0.3, -0.25) is 4.79 Å². The monoisotopic (exact) mass is 344 g/mol. The van der Waals surface area contributed by atoms with Gasteiger partial charge in [0.2, 0.25) is 0 Å². The van der Waals surface area contributed by atoms with Crippen LogP contribution in [0.2, 0.25) is 0 Å². The Kier molecular flexibility index (Phi) is 5.21. The summed E-state index contributed by atoms with van der Waals surface area (Å²) in [5.74, 6) is 1.10. The minimum Gasteiger partial charge on any atom is -0.495 e. The maximum atomic E-state index is 13.0. The first kappa shape index (κ1) is 17.0. The van der Waals surface area contributed by atoms with Crippen molar-refractivity contribution < 1.29 is 9.53 Å². The first-order valence-corrected chi connectivity index (χ1v) is 9.20. The van der Waals surface area contributed by atoms with Crippen LogP contribution in [0, 0.1) is 5.92 Å². The lowest BCUT2D eigenvalue weighted by molar-refractivity contribution is 0.0663. The number of nitrogens with two attached hydrogens (primary N) is 1. The Morgan fingerprint density at radius 1 is 1.38 bits per heavy atom. The Balaban J connectivity index is 1.85. The van der Waals surface area contributed by atoms with Crippen molar-refractivity contribution in [3.63, 3.8) is 0 Å². The van der Waals surface area contributed by atoms with Gasteiger partial charge in [0.25, 0.3) is 5.91 Å². The Morgan fingerprint density at radius 2 is 2.12 bits per heavy atom. The van der Waals surface area contributed by atoms with E-state index in [2.05, 4.69) is 0 Å². The summed E-state index contributed by atoms with van der Waals surface area (Å²) < 4.78 is 5.47. The smallest absolute Gasteiger partial charge is 0.267 e. The molecule has 2 atom stereocenters. The normalized spacial score (nSPS) is 19.1. The van der Waals surface area contributed by atoms with Crippen LogP contribution in [-0.2, 0) is 0 Å². The third-order valence-corrected chi connectivity index (χ3v) is 5.81. The number of benzene rings is 1. The zero-order valence-corrected chi connectivity index (χ0v) is 15.0. The molecule has 1 aromatic carbocycles. The maximum absolute atomic E-state index is 13.0. The molecule has 0 aliphatic carbocycles. The molecule has 0 radical (unpaired) electrons. The zero-order chi connectivity index (χ0) is 17.1. The second-order valence-corrected chi connectivity index (χ2v) is 7.44.